The second kappa shape index (κ2) is 6.80. The van der Waals surface area contributed by atoms with E-state index in [2.05, 4.69) is 10.6 Å². The molecule has 0 radical (unpaired) electrons. The molecule has 0 atom stereocenters. The van der Waals surface area contributed by atoms with Crippen LogP contribution in [-0.4, -0.2) is 31.1 Å². The van der Waals surface area contributed by atoms with E-state index >= 15 is 0 Å². The minimum absolute atomic E-state index is 0.137. The van der Waals surface area contributed by atoms with Crippen molar-refractivity contribution in [2.45, 2.75) is 51.1 Å². The Kier molecular flexibility index (Phi) is 5.65. The van der Waals surface area contributed by atoms with Crippen LogP contribution in [-0.2, 0) is 4.79 Å². The zero-order valence-electron chi connectivity index (χ0n) is 9.59. The second-order valence-electron chi connectivity index (χ2n) is 4.27. The third-order valence-corrected chi connectivity index (χ3v) is 2.93. The predicted molar refractivity (Wildman–Crippen MR) is 61.5 cm³/mol. The molecule has 0 aromatic rings. The molecule has 1 rings (SSSR count). The summed E-state index contributed by atoms with van der Waals surface area (Å²) in [5, 5.41) is 6.21. The van der Waals surface area contributed by atoms with Crippen LogP contribution < -0.4 is 16.4 Å². The van der Waals surface area contributed by atoms with Crippen molar-refractivity contribution in [3.8, 4) is 0 Å². The lowest BCUT2D eigenvalue weighted by Gasteiger charge is -2.26. The maximum Gasteiger partial charge on any atom is 0.221 e. The van der Waals surface area contributed by atoms with Crippen LogP contribution in [0.4, 0.5) is 0 Å². The maximum atomic E-state index is 11.2. The van der Waals surface area contributed by atoms with Gasteiger partial charge in [-0.3, -0.25) is 4.79 Å². The van der Waals surface area contributed by atoms with Gasteiger partial charge in [-0.1, -0.05) is 0 Å². The highest BCUT2D eigenvalue weighted by Gasteiger charge is 2.17. The quantitative estimate of drug-likeness (QED) is 0.618. The lowest BCUT2D eigenvalue weighted by atomic mass is 9.92. The minimum atomic E-state index is 0.137. The van der Waals surface area contributed by atoms with Gasteiger partial charge in [0.15, 0.2) is 0 Å². The van der Waals surface area contributed by atoms with Crippen LogP contribution in [0.25, 0.3) is 0 Å². The molecule has 15 heavy (non-hydrogen) atoms. The minimum Gasteiger partial charge on any atom is -0.356 e. The molecule has 1 amide bonds. The number of hydrogen-bond donors (Lipinski definition) is 3. The highest BCUT2D eigenvalue weighted by Crippen LogP contribution is 2.16. The summed E-state index contributed by atoms with van der Waals surface area (Å²) in [6.45, 7) is 3.44. The SMILES string of the molecule is CCNC(=O)CCNC1CCC(N)CC1. The number of carbonyl (C=O) groups is 1. The van der Waals surface area contributed by atoms with Crippen molar-refractivity contribution >= 4 is 5.91 Å². The molecule has 4 nitrogen and oxygen atoms in total. The molecule has 4 heteroatoms. The first-order chi connectivity index (χ1) is 7.22. The average Bonchev–Trinajstić information content (AvgIpc) is 2.21. The first kappa shape index (κ1) is 12.5. The van der Waals surface area contributed by atoms with Crippen LogP contribution in [0.1, 0.15) is 39.0 Å². The molecular weight excluding hydrogens is 190 g/mol. The Morgan fingerprint density at radius 3 is 2.60 bits per heavy atom. The van der Waals surface area contributed by atoms with Gasteiger partial charge in [-0.25, -0.2) is 0 Å². The molecule has 0 bridgehead atoms. The maximum absolute atomic E-state index is 11.2. The van der Waals surface area contributed by atoms with Crippen molar-refractivity contribution in [3.63, 3.8) is 0 Å². The van der Waals surface area contributed by atoms with E-state index in [0.29, 0.717) is 18.5 Å². The molecule has 0 unspecified atom stereocenters. The van der Waals surface area contributed by atoms with Crippen molar-refractivity contribution in [2.24, 2.45) is 5.73 Å². The van der Waals surface area contributed by atoms with Gasteiger partial charge >= 0.3 is 0 Å². The van der Waals surface area contributed by atoms with Gasteiger partial charge in [-0.05, 0) is 32.6 Å². The van der Waals surface area contributed by atoms with Crippen molar-refractivity contribution in [1.82, 2.24) is 10.6 Å². The molecule has 1 fully saturated rings. The average molecular weight is 213 g/mol. The molecule has 0 aromatic heterocycles. The van der Waals surface area contributed by atoms with Gasteiger partial charge in [-0.15, -0.1) is 0 Å². The second-order valence-corrected chi connectivity index (χ2v) is 4.27. The van der Waals surface area contributed by atoms with Crippen LogP contribution >= 0.6 is 0 Å². The Morgan fingerprint density at radius 2 is 2.00 bits per heavy atom. The summed E-state index contributed by atoms with van der Waals surface area (Å²) in [7, 11) is 0. The third kappa shape index (κ3) is 5.14. The van der Waals surface area contributed by atoms with Gasteiger partial charge in [0, 0.05) is 31.6 Å². The van der Waals surface area contributed by atoms with Crippen LogP contribution in [0.15, 0.2) is 0 Å². The lowest BCUT2D eigenvalue weighted by molar-refractivity contribution is -0.120. The largest absolute Gasteiger partial charge is 0.356 e. The van der Waals surface area contributed by atoms with Crippen LogP contribution in [0.3, 0.4) is 0 Å². The summed E-state index contributed by atoms with van der Waals surface area (Å²) >= 11 is 0. The number of rotatable bonds is 5. The summed E-state index contributed by atoms with van der Waals surface area (Å²) in [4.78, 5) is 11.2. The first-order valence-electron chi connectivity index (χ1n) is 5.98. The van der Waals surface area contributed by atoms with E-state index in [0.717, 1.165) is 38.8 Å². The molecule has 0 aliphatic heterocycles. The number of hydrogen-bond acceptors (Lipinski definition) is 3. The summed E-state index contributed by atoms with van der Waals surface area (Å²) < 4.78 is 0. The van der Waals surface area contributed by atoms with E-state index in [9.17, 15) is 4.79 Å². The normalized spacial score (nSPS) is 26.3. The first-order valence-corrected chi connectivity index (χ1v) is 5.98. The van der Waals surface area contributed by atoms with E-state index in [1.165, 1.54) is 0 Å². The summed E-state index contributed by atoms with van der Waals surface area (Å²) in [6.07, 6.45) is 5.10. The summed E-state index contributed by atoms with van der Waals surface area (Å²) in [5.74, 6) is 0.137. The number of nitrogens with two attached hydrogens (primary N) is 1. The molecule has 1 aliphatic carbocycles. The van der Waals surface area contributed by atoms with Gasteiger partial charge in [0.05, 0.1) is 0 Å². The smallest absolute Gasteiger partial charge is 0.221 e. The Hall–Kier alpha value is -0.610. The monoisotopic (exact) mass is 213 g/mol. The molecule has 0 aromatic carbocycles. The molecule has 4 N–H and O–H groups in total. The zero-order chi connectivity index (χ0) is 11.1. The molecule has 0 saturated heterocycles. The Bertz CT molecular complexity index is 188. The van der Waals surface area contributed by atoms with Gasteiger partial charge in [0.2, 0.25) is 5.91 Å². The van der Waals surface area contributed by atoms with Crippen molar-refractivity contribution < 1.29 is 4.79 Å². The highest BCUT2D eigenvalue weighted by atomic mass is 16.1. The van der Waals surface area contributed by atoms with E-state index < -0.39 is 0 Å². The fourth-order valence-electron chi connectivity index (χ4n) is 2.00. The van der Waals surface area contributed by atoms with Crippen molar-refractivity contribution in [2.75, 3.05) is 13.1 Å². The zero-order valence-corrected chi connectivity index (χ0v) is 9.59. The predicted octanol–water partition coefficient (Wildman–Crippen LogP) is 0.372. The molecule has 0 heterocycles. The van der Waals surface area contributed by atoms with Gasteiger partial charge in [0.1, 0.15) is 0 Å². The van der Waals surface area contributed by atoms with Gasteiger partial charge in [0.25, 0.3) is 0 Å². The Labute approximate surface area is 92.0 Å². The molecule has 1 saturated carbocycles. The van der Waals surface area contributed by atoms with E-state index in [4.69, 9.17) is 5.73 Å². The molecule has 88 valence electrons. The molecule has 0 spiro atoms. The van der Waals surface area contributed by atoms with Gasteiger partial charge in [-0.2, -0.15) is 0 Å². The topological polar surface area (TPSA) is 67.2 Å². The fraction of sp³-hybridized carbons (Fsp3) is 0.909. The number of amides is 1. The Balaban J connectivity index is 2.02. The van der Waals surface area contributed by atoms with E-state index in [1.807, 2.05) is 6.92 Å². The number of nitrogens with one attached hydrogen (secondary N) is 2. The summed E-state index contributed by atoms with van der Waals surface area (Å²) in [6, 6.07) is 0.964. The van der Waals surface area contributed by atoms with E-state index in [-0.39, 0.29) is 5.91 Å². The van der Waals surface area contributed by atoms with Gasteiger partial charge < -0.3 is 16.4 Å². The van der Waals surface area contributed by atoms with Crippen molar-refractivity contribution in [3.05, 3.63) is 0 Å². The standard InChI is InChI=1S/C11H23N3O/c1-2-13-11(15)7-8-14-10-5-3-9(12)4-6-10/h9-10,14H,2-8,12H2,1H3,(H,13,15). The lowest BCUT2D eigenvalue weighted by Crippen LogP contribution is -2.39. The highest BCUT2D eigenvalue weighted by molar-refractivity contribution is 5.75. The Morgan fingerprint density at radius 1 is 1.33 bits per heavy atom. The van der Waals surface area contributed by atoms with Crippen LogP contribution in [0.5, 0.6) is 0 Å². The third-order valence-electron chi connectivity index (χ3n) is 2.93. The number of carbonyl (C=O) groups excluding carboxylic acids is 1. The molecular formula is C11H23N3O. The fourth-order valence-corrected chi connectivity index (χ4v) is 2.00. The van der Waals surface area contributed by atoms with E-state index in [1.54, 1.807) is 0 Å². The van der Waals surface area contributed by atoms with Crippen LogP contribution in [0.2, 0.25) is 0 Å². The summed E-state index contributed by atoms with van der Waals surface area (Å²) in [5.41, 5.74) is 5.82. The molecule has 1 aliphatic rings. The van der Waals surface area contributed by atoms with Crippen LogP contribution in [0, 0.1) is 0 Å². The van der Waals surface area contributed by atoms with Crippen molar-refractivity contribution in [1.29, 1.82) is 0 Å².